The molecule has 0 spiro atoms. The summed E-state index contributed by atoms with van der Waals surface area (Å²) < 4.78 is 32.6. The summed E-state index contributed by atoms with van der Waals surface area (Å²) in [4.78, 5) is 12.1. The standard InChI is InChI=1S/C17H27N3O4S/c1-12(13(2)18)17(21)19-10-14-5-7-16(8-6-14)25(22,23)20-11-15-4-3-9-24-15/h5-8,12-13,15,20H,3-4,9-11,18H2,1-2H3,(H,19,21). The number of rotatable bonds is 8. The molecule has 1 fully saturated rings. The first kappa shape index (κ1) is 19.8. The molecule has 0 radical (unpaired) electrons. The van der Waals surface area contributed by atoms with E-state index in [9.17, 15) is 13.2 Å². The minimum Gasteiger partial charge on any atom is -0.377 e. The molecule has 140 valence electrons. The molecule has 1 aromatic rings. The zero-order chi connectivity index (χ0) is 18.4. The first-order valence-electron chi connectivity index (χ1n) is 8.53. The second-order valence-corrected chi connectivity index (χ2v) is 8.26. The van der Waals surface area contributed by atoms with Crippen LogP contribution in [0, 0.1) is 5.92 Å². The fraction of sp³-hybridized carbons (Fsp3) is 0.588. The zero-order valence-corrected chi connectivity index (χ0v) is 15.5. The summed E-state index contributed by atoms with van der Waals surface area (Å²) in [5.41, 5.74) is 6.53. The number of sulfonamides is 1. The van der Waals surface area contributed by atoms with Crippen molar-refractivity contribution in [2.24, 2.45) is 11.7 Å². The number of nitrogens with one attached hydrogen (secondary N) is 2. The maximum absolute atomic E-state index is 12.3. The average molecular weight is 369 g/mol. The number of benzene rings is 1. The molecule has 3 unspecified atom stereocenters. The van der Waals surface area contributed by atoms with E-state index < -0.39 is 10.0 Å². The Kier molecular flexibility index (Phi) is 6.95. The number of ether oxygens (including phenoxy) is 1. The molecule has 1 aliphatic rings. The van der Waals surface area contributed by atoms with Crippen molar-refractivity contribution < 1.29 is 17.9 Å². The largest absolute Gasteiger partial charge is 0.377 e. The van der Waals surface area contributed by atoms with Gasteiger partial charge in [-0.2, -0.15) is 0 Å². The van der Waals surface area contributed by atoms with Gasteiger partial charge in [0.1, 0.15) is 0 Å². The van der Waals surface area contributed by atoms with Crippen molar-refractivity contribution in [3.63, 3.8) is 0 Å². The maximum Gasteiger partial charge on any atom is 0.240 e. The highest BCUT2D eigenvalue weighted by Crippen LogP contribution is 2.14. The van der Waals surface area contributed by atoms with Crippen molar-refractivity contribution in [3.05, 3.63) is 29.8 Å². The van der Waals surface area contributed by atoms with Crippen LogP contribution in [0.1, 0.15) is 32.3 Å². The van der Waals surface area contributed by atoms with Crippen LogP contribution in [-0.2, 0) is 26.1 Å². The molecule has 1 aromatic carbocycles. The lowest BCUT2D eigenvalue weighted by Gasteiger charge is -2.15. The van der Waals surface area contributed by atoms with Gasteiger partial charge in [0, 0.05) is 31.7 Å². The first-order valence-corrected chi connectivity index (χ1v) is 10.0. The van der Waals surface area contributed by atoms with Gasteiger partial charge in [0.25, 0.3) is 0 Å². The van der Waals surface area contributed by atoms with E-state index in [-0.39, 0.29) is 35.4 Å². The molecular weight excluding hydrogens is 342 g/mol. The Bertz CT molecular complexity index is 668. The van der Waals surface area contributed by atoms with Crippen LogP contribution in [0.2, 0.25) is 0 Å². The monoisotopic (exact) mass is 369 g/mol. The van der Waals surface area contributed by atoms with E-state index in [1.54, 1.807) is 26.0 Å². The van der Waals surface area contributed by atoms with Gasteiger partial charge in [0.2, 0.25) is 15.9 Å². The minimum atomic E-state index is -3.55. The topological polar surface area (TPSA) is 111 Å². The third-order valence-electron chi connectivity index (χ3n) is 4.43. The lowest BCUT2D eigenvalue weighted by atomic mass is 10.0. The molecule has 7 nitrogen and oxygen atoms in total. The number of nitrogens with two attached hydrogens (primary N) is 1. The van der Waals surface area contributed by atoms with E-state index in [1.165, 1.54) is 12.1 Å². The van der Waals surface area contributed by atoms with Gasteiger partial charge in [-0.15, -0.1) is 0 Å². The SMILES string of the molecule is CC(N)C(C)C(=O)NCc1ccc(S(=O)(=O)NCC2CCCO2)cc1. The Hall–Kier alpha value is -1.48. The number of hydrogen-bond acceptors (Lipinski definition) is 5. The molecule has 8 heteroatoms. The van der Waals surface area contributed by atoms with E-state index in [0.29, 0.717) is 13.2 Å². The van der Waals surface area contributed by atoms with Crippen molar-refractivity contribution in [2.75, 3.05) is 13.2 Å². The molecule has 25 heavy (non-hydrogen) atoms. The second kappa shape index (κ2) is 8.75. The van der Waals surface area contributed by atoms with Crippen molar-refractivity contribution in [1.29, 1.82) is 0 Å². The summed E-state index contributed by atoms with van der Waals surface area (Å²) in [5.74, 6) is -0.397. The van der Waals surface area contributed by atoms with Crippen molar-refractivity contribution in [3.8, 4) is 0 Å². The van der Waals surface area contributed by atoms with Crippen LogP contribution < -0.4 is 15.8 Å². The highest BCUT2D eigenvalue weighted by Gasteiger charge is 2.20. The Morgan fingerprint density at radius 2 is 2.00 bits per heavy atom. The summed E-state index contributed by atoms with van der Waals surface area (Å²) in [6.45, 7) is 4.87. The molecule has 2 rings (SSSR count). The summed E-state index contributed by atoms with van der Waals surface area (Å²) in [6, 6.07) is 6.24. The number of hydrogen-bond donors (Lipinski definition) is 3. The van der Waals surface area contributed by atoms with E-state index in [2.05, 4.69) is 10.0 Å². The van der Waals surface area contributed by atoms with Gasteiger partial charge in [-0.1, -0.05) is 19.1 Å². The third kappa shape index (κ3) is 5.78. The van der Waals surface area contributed by atoms with E-state index >= 15 is 0 Å². The third-order valence-corrected chi connectivity index (χ3v) is 5.87. The highest BCUT2D eigenvalue weighted by molar-refractivity contribution is 7.89. The molecule has 3 atom stereocenters. The molecule has 0 aromatic heterocycles. The number of carbonyl (C=O) groups is 1. The fourth-order valence-corrected chi connectivity index (χ4v) is 3.53. The molecule has 0 bridgehead atoms. The summed E-state index contributed by atoms with van der Waals surface area (Å²) >= 11 is 0. The Labute approximate surface area is 149 Å². The summed E-state index contributed by atoms with van der Waals surface area (Å²) in [6.07, 6.45) is 1.80. The van der Waals surface area contributed by atoms with Crippen molar-refractivity contribution in [1.82, 2.24) is 10.0 Å². The molecule has 4 N–H and O–H groups in total. The van der Waals surface area contributed by atoms with Crippen LogP contribution in [0.4, 0.5) is 0 Å². The van der Waals surface area contributed by atoms with Gasteiger partial charge in [0.15, 0.2) is 0 Å². The van der Waals surface area contributed by atoms with Crippen molar-refractivity contribution in [2.45, 2.75) is 50.3 Å². The molecule has 0 saturated carbocycles. The average Bonchev–Trinajstić information content (AvgIpc) is 3.11. The Morgan fingerprint density at radius 1 is 1.32 bits per heavy atom. The normalized spacial score (nSPS) is 20.2. The van der Waals surface area contributed by atoms with Crippen LogP contribution in [0.3, 0.4) is 0 Å². The van der Waals surface area contributed by atoms with E-state index in [1.807, 2.05) is 0 Å². The van der Waals surface area contributed by atoms with E-state index in [0.717, 1.165) is 18.4 Å². The van der Waals surface area contributed by atoms with E-state index in [4.69, 9.17) is 10.5 Å². The lowest BCUT2D eigenvalue weighted by molar-refractivity contribution is -0.125. The smallest absolute Gasteiger partial charge is 0.240 e. The van der Waals surface area contributed by atoms with Gasteiger partial charge in [-0.3, -0.25) is 4.79 Å². The molecule has 1 heterocycles. The van der Waals surface area contributed by atoms with Crippen LogP contribution in [0.25, 0.3) is 0 Å². The van der Waals surface area contributed by atoms with Gasteiger partial charge in [-0.05, 0) is 37.5 Å². The van der Waals surface area contributed by atoms with Crippen LogP contribution in [0.5, 0.6) is 0 Å². The van der Waals surface area contributed by atoms with Crippen LogP contribution >= 0.6 is 0 Å². The number of amides is 1. The van der Waals surface area contributed by atoms with Crippen molar-refractivity contribution >= 4 is 15.9 Å². The first-order chi connectivity index (χ1) is 11.8. The number of carbonyl (C=O) groups excluding carboxylic acids is 1. The van der Waals surface area contributed by atoms with Gasteiger partial charge >= 0.3 is 0 Å². The molecule has 0 aliphatic carbocycles. The molecular formula is C17H27N3O4S. The predicted molar refractivity (Wildman–Crippen MR) is 95.3 cm³/mol. The van der Waals surface area contributed by atoms with Gasteiger partial charge in [-0.25, -0.2) is 13.1 Å². The molecule has 1 amide bonds. The lowest BCUT2D eigenvalue weighted by Crippen LogP contribution is -2.38. The predicted octanol–water partition coefficient (Wildman–Crippen LogP) is 0.743. The van der Waals surface area contributed by atoms with Gasteiger partial charge < -0.3 is 15.8 Å². The van der Waals surface area contributed by atoms with Crippen LogP contribution in [-0.4, -0.2) is 39.6 Å². The van der Waals surface area contributed by atoms with Gasteiger partial charge in [0.05, 0.1) is 11.0 Å². The van der Waals surface area contributed by atoms with Crippen LogP contribution in [0.15, 0.2) is 29.2 Å². The Morgan fingerprint density at radius 3 is 2.56 bits per heavy atom. The highest BCUT2D eigenvalue weighted by atomic mass is 32.2. The quantitative estimate of drug-likeness (QED) is 0.626. The minimum absolute atomic E-state index is 0.0452. The fourth-order valence-electron chi connectivity index (χ4n) is 2.47. The summed E-state index contributed by atoms with van der Waals surface area (Å²) in [7, 11) is -3.55. The maximum atomic E-state index is 12.3. The summed E-state index contributed by atoms with van der Waals surface area (Å²) in [5, 5.41) is 2.80. The molecule has 1 aliphatic heterocycles. The Balaban J connectivity index is 1.88. The molecule has 1 saturated heterocycles. The zero-order valence-electron chi connectivity index (χ0n) is 14.7. The second-order valence-electron chi connectivity index (χ2n) is 6.50.